The first-order valence-electron chi connectivity index (χ1n) is 6.35. The summed E-state index contributed by atoms with van der Waals surface area (Å²) in [6, 6.07) is -0.178. The SMILES string of the molecule is CNc1nc2sccn2c1S(=O)(=O)NC1CCCOC1. The van der Waals surface area contributed by atoms with Crippen LogP contribution in [-0.4, -0.2) is 44.1 Å². The van der Waals surface area contributed by atoms with E-state index in [9.17, 15) is 8.42 Å². The van der Waals surface area contributed by atoms with Gasteiger partial charge in [0.25, 0.3) is 10.0 Å². The Morgan fingerprint density at radius 1 is 1.55 bits per heavy atom. The molecule has 0 radical (unpaired) electrons. The van der Waals surface area contributed by atoms with Crippen molar-refractivity contribution in [3.63, 3.8) is 0 Å². The monoisotopic (exact) mass is 316 g/mol. The minimum atomic E-state index is -3.64. The summed E-state index contributed by atoms with van der Waals surface area (Å²) in [5.74, 6) is 0.362. The van der Waals surface area contributed by atoms with Crippen LogP contribution in [0.25, 0.3) is 4.96 Å². The van der Waals surface area contributed by atoms with Crippen molar-refractivity contribution >= 4 is 32.1 Å². The Bertz CT molecular complexity index is 700. The van der Waals surface area contributed by atoms with Gasteiger partial charge in [0.15, 0.2) is 15.8 Å². The van der Waals surface area contributed by atoms with Gasteiger partial charge in [-0.25, -0.2) is 18.1 Å². The van der Waals surface area contributed by atoms with Gasteiger partial charge in [-0.1, -0.05) is 0 Å². The minimum Gasteiger partial charge on any atom is -0.380 e. The van der Waals surface area contributed by atoms with Crippen LogP contribution in [0.5, 0.6) is 0 Å². The summed E-state index contributed by atoms with van der Waals surface area (Å²) in [6.07, 6.45) is 3.37. The predicted molar refractivity (Wildman–Crippen MR) is 76.8 cm³/mol. The first-order chi connectivity index (χ1) is 9.62. The lowest BCUT2D eigenvalue weighted by Gasteiger charge is -2.22. The number of nitrogens with one attached hydrogen (secondary N) is 2. The molecule has 3 rings (SSSR count). The van der Waals surface area contributed by atoms with E-state index in [0.717, 1.165) is 12.8 Å². The van der Waals surface area contributed by atoms with E-state index in [1.807, 2.05) is 5.38 Å². The second kappa shape index (κ2) is 5.32. The summed E-state index contributed by atoms with van der Waals surface area (Å²) >= 11 is 1.39. The molecule has 0 aromatic carbocycles. The third-order valence-electron chi connectivity index (χ3n) is 3.19. The Hall–Kier alpha value is -1.16. The molecular weight excluding hydrogens is 300 g/mol. The number of anilines is 1. The van der Waals surface area contributed by atoms with Crippen LogP contribution in [0, 0.1) is 0 Å². The molecule has 0 amide bonds. The van der Waals surface area contributed by atoms with Gasteiger partial charge >= 0.3 is 0 Å². The fourth-order valence-electron chi connectivity index (χ4n) is 2.29. The Labute approximate surface area is 121 Å². The molecule has 1 unspecified atom stereocenters. The first kappa shape index (κ1) is 13.8. The lowest BCUT2D eigenvalue weighted by Crippen LogP contribution is -2.41. The molecule has 1 fully saturated rings. The lowest BCUT2D eigenvalue weighted by atomic mass is 10.1. The number of imidazole rings is 1. The summed E-state index contributed by atoms with van der Waals surface area (Å²) in [6.45, 7) is 1.11. The zero-order valence-corrected chi connectivity index (χ0v) is 12.6. The number of hydrogen-bond acceptors (Lipinski definition) is 6. The number of aromatic nitrogens is 2. The molecule has 3 heterocycles. The normalized spacial score (nSPS) is 20.4. The van der Waals surface area contributed by atoms with Crippen molar-refractivity contribution in [2.45, 2.75) is 23.9 Å². The van der Waals surface area contributed by atoms with E-state index in [2.05, 4.69) is 15.0 Å². The maximum absolute atomic E-state index is 12.6. The summed E-state index contributed by atoms with van der Waals surface area (Å²) in [5.41, 5.74) is 0. The standard InChI is InChI=1S/C11H16N4O3S2/c1-12-9-10(15-4-6-19-11(15)13-9)20(16,17)14-8-3-2-5-18-7-8/h4,6,8,12,14H,2-3,5,7H2,1H3. The van der Waals surface area contributed by atoms with Crippen LogP contribution in [0.15, 0.2) is 16.6 Å². The van der Waals surface area contributed by atoms with Crippen LogP contribution in [0.3, 0.4) is 0 Å². The molecule has 9 heteroatoms. The molecule has 1 aliphatic heterocycles. The van der Waals surface area contributed by atoms with Gasteiger partial charge in [0.2, 0.25) is 0 Å². The van der Waals surface area contributed by atoms with Crippen molar-refractivity contribution in [2.24, 2.45) is 0 Å². The van der Waals surface area contributed by atoms with Crippen LogP contribution in [0.4, 0.5) is 5.82 Å². The van der Waals surface area contributed by atoms with Gasteiger partial charge in [-0.2, -0.15) is 0 Å². The van der Waals surface area contributed by atoms with Crippen molar-refractivity contribution in [3.8, 4) is 0 Å². The van der Waals surface area contributed by atoms with E-state index in [0.29, 0.717) is 24.0 Å². The Morgan fingerprint density at radius 3 is 3.10 bits per heavy atom. The molecule has 110 valence electrons. The molecule has 20 heavy (non-hydrogen) atoms. The number of hydrogen-bond donors (Lipinski definition) is 2. The highest BCUT2D eigenvalue weighted by Crippen LogP contribution is 2.25. The van der Waals surface area contributed by atoms with E-state index in [1.54, 1.807) is 17.6 Å². The summed E-state index contributed by atoms with van der Waals surface area (Å²) < 4.78 is 34.8. The molecule has 1 aliphatic rings. The zero-order chi connectivity index (χ0) is 14.2. The van der Waals surface area contributed by atoms with Gasteiger partial charge < -0.3 is 10.1 Å². The maximum Gasteiger partial charge on any atom is 0.260 e. The second-order valence-electron chi connectivity index (χ2n) is 4.61. The zero-order valence-electron chi connectivity index (χ0n) is 11.0. The molecule has 2 aromatic heterocycles. The highest BCUT2D eigenvalue weighted by molar-refractivity contribution is 7.89. The Balaban J connectivity index is 1.97. The summed E-state index contributed by atoms with van der Waals surface area (Å²) in [7, 11) is -1.98. The van der Waals surface area contributed by atoms with Crippen molar-refractivity contribution in [1.29, 1.82) is 0 Å². The number of rotatable bonds is 4. The van der Waals surface area contributed by atoms with Crippen LogP contribution >= 0.6 is 11.3 Å². The van der Waals surface area contributed by atoms with Crippen LogP contribution < -0.4 is 10.0 Å². The van der Waals surface area contributed by atoms with E-state index in [-0.39, 0.29) is 11.1 Å². The molecule has 0 spiro atoms. The van der Waals surface area contributed by atoms with Gasteiger partial charge in [-0.05, 0) is 12.8 Å². The Kier molecular flexibility index (Phi) is 3.67. The molecule has 2 N–H and O–H groups in total. The van der Waals surface area contributed by atoms with Gasteiger partial charge in [0, 0.05) is 31.3 Å². The minimum absolute atomic E-state index is 0.154. The van der Waals surface area contributed by atoms with E-state index in [1.165, 1.54) is 11.3 Å². The lowest BCUT2D eigenvalue weighted by molar-refractivity contribution is 0.0774. The van der Waals surface area contributed by atoms with Crippen LogP contribution in [0.1, 0.15) is 12.8 Å². The quantitative estimate of drug-likeness (QED) is 0.875. The van der Waals surface area contributed by atoms with Crippen LogP contribution in [-0.2, 0) is 14.8 Å². The molecular formula is C11H16N4O3S2. The van der Waals surface area contributed by atoms with Gasteiger partial charge in [-0.15, -0.1) is 11.3 Å². The van der Waals surface area contributed by atoms with Crippen molar-refractivity contribution in [1.82, 2.24) is 14.1 Å². The number of nitrogens with zero attached hydrogens (tertiary/aromatic N) is 2. The average molecular weight is 316 g/mol. The average Bonchev–Trinajstić information content (AvgIpc) is 2.98. The number of ether oxygens (including phenoxy) is 1. The van der Waals surface area contributed by atoms with Crippen molar-refractivity contribution in [2.75, 3.05) is 25.6 Å². The molecule has 0 aliphatic carbocycles. The van der Waals surface area contributed by atoms with E-state index >= 15 is 0 Å². The highest BCUT2D eigenvalue weighted by Gasteiger charge is 2.28. The molecule has 1 saturated heterocycles. The molecule has 2 aromatic rings. The predicted octanol–water partition coefficient (Wildman–Crippen LogP) is 0.895. The van der Waals surface area contributed by atoms with E-state index in [4.69, 9.17) is 4.74 Å². The third-order valence-corrected chi connectivity index (χ3v) is 5.49. The summed E-state index contributed by atoms with van der Waals surface area (Å²) in [5, 5.41) is 4.80. The largest absolute Gasteiger partial charge is 0.380 e. The molecule has 0 bridgehead atoms. The topological polar surface area (TPSA) is 84.7 Å². The number of sulfonamides is 1. The first-order valence-corrected chi connectivity index (χ1v) is 8.71. The molecule has 1 atom stereocenters. The van der Waals surface area contributed by atoms with Crippen molar-refractivity contribution < 1.29 is 13.2 Å². The Morgan fingerprint density at radius 2 is 2.40 bits per heavy atom. The fourth-order valence-corrected chi connectivity index (χ4v) is 4.61. The third kappa shape index (κ3) is 2.41. The maximum atomic E-state index is 12.6. The number of fused-ring (bicyclic) bond motifs is 1. The smallest absolute Gasteiger partial charge is 0.260 e. The van der Waals surface area contributed by atoms with Crippen LogP contribution in [0.2, 0.25) is 0 Å². The summed E-state index contributed by atoms with van der Waals surface area (Å²) in [4.78, 5) is 4.92. The molecule has 0 saturated carbocycles. The highest BCUT2D eigenvalue weighted by atomic mass is 32.2. The second-order valence-corrected chi connectivity index (χ2v) is 7.11. The molecule has 7 nitrogen and oxygen atoms in total. The van der Waals surface area contributed by atoms with Gasteiger partial charge in [0.1, 0.15) is 0 Å². The fraction of sp³-hybridized carbons (Fsp3) is 0.545. The van der Waals surface area contributed by atoms with E-state index < -0.39 is 10.0 Å². The van der Waals surface area contributed by atoms with Gasteiger partial charge in [0.05, 0.1) is 6.61 Å². The number of thiazole rings is 1. The van der Waals surface area contributed by atoms with Gasteiger partial charge in [-0.3, -0.25) is 4.40 Å². The van der Waals surface area contributed by atoms with Crippen molar-refractivity contribution in [3.05, 3.63) is 11.6 Å².